The maximum Gasteiger partial charge on any atom is 0.177 e. The van der Waals surface area contributed by atoms with E-state index in [0.717, 1.165) is 0 Å². The van der Waals surface area contributed by atoms with Crippen LogP contribution < -0.4 is 0 Å². The molecule has 2 aromatic rings. The summed E-state index contributed by atoms with van der Waals surface area (Å²) in [6.45, 7) is 1.78. The Morgan fingerprint density at radius 2 is 2.12 bits per heavy atom. The van der Waals surface area contributed by atoms with Gasteiger partial charge in [0.1, 0.15) is 11.3 Å². The zero-order valence-electron chi connectivity index (χ0n) is 8.86. The first-order chi connectivity index (χ1) is 7.39. The van der Waals surface area contributed by atoms with E-state index in [-0.39, 0.29) is 10.3 Å². The lowest BCUT2D eigenvalue weighted by Gasteiger charge is -1.97. The van der Waals surface area contributed by atoms with Crippen LogP contribution >= 0.6 is 11.6 Å². The minimum atomic E-state index is -3.27. The van der Waals surface area contributed by atoms with Gasteiger partial charge < -0.3 is 4.98 Å². The third-order valence-electron chi connectivity index (χ3n) is 2.27. The summed E-state index contributed by atoms with van der Waals surface area (Å²) in [7, 11) is -3.27. The Bertz CT molecular complexity index is 631. The van der Waals surface area contributed by atoms with Gasteiger partial charge in [-0.3, -0.25) is 0 Å². The molecule has 0 saturated heterocycles. The van der Waals surface area contributed by atoms with Crippen molar-refractivity contribution < 1.29 is 8.42 Å². The van der Waals surface area contributed by atoms with E-state index < -0.39 is 9.84 Å². The van der Waals surface area contributed by atoms with Crippen LogP contribution in [0.15, 0.2) is 23.1 Å². The molecule has 1 aromatic heterocycles. The number of nitrogens with one attached hydrogen (secondary N) is 1. The van der Waals surface area contributed by atoms with Crippen LogP contribution in [0.25, 0.3) is 11.0 Å². The van der Waals surface area contributed by atoms with E-state index in [2.05, 4.69) is 9.97 Å². The molecule has 86 valence electrons. The van der Waals surface area contributed by atoms with Crippen molar-refractivity contribution in [3.05, 3.63) is 24.0 Å². The highest BCUT2D eigenvalue weighted by Gasteiger charge is 2.16. The lowest BCUT2D eigenvalue weighted by molar-refractivity contribution is 0.602. The van der Waals surface area contributed by atoms with Gasteiger partial charge in [-0.2, -0.15) is 0 Å². The number of H-pyrrole nitrogens is 1. The maximum atomic E-state index is 11.5. The molecule has 1 heterocycles. The van der Waals surface area contributed by atoms with Crippen LogP contribution in [0.1, 0.15) is 18.1 Å². The summed E-state index contributed by atoms with van der Waals surface area (Å²) < 4.78 is 23.1. The number of aromatic nitrogens is 2. The van der Waals surface area contributed by atoms with Gasteiger partial charge in [-0.15, -0.1) is 11.6 Å². The monoisotopic (exact) mass is 258 g/mol. The molecule has 0 amide bonds. The van der Waals surface area contributed by atoms with Crippen molar-refractivity contribution >= 4 is 32.5 Å². The number of hydrogen-bond donors (Lipinski definition) is 1. The van der Waals surface area contributed by atoms with Crippen molar-refractivity contribution in [1.82, 2.24) is 9.97 Å². The first-order valence-electron chi connectivity index (χ1n) is 4.72. The van der Waals surface area contributed by atoms with Gasteiger partial charge in [-0.25, -0.2) is 13.4 Å². The van der Waals surface area contributed by atoms with E-state index in [1.807, 2.05) is 0 Å². The highest BCUT2D eigenvalue weighted by atomic mass is 35.5. The molecule has 0 radical (unpaired) electrons. The van der Waals surface area contributed by atoms with Crippen LogP contribution in [-0.4, -0.2) is 24.6 Å². The van der Waals surface area contributed by atoms with Gasteiger partial charge in [0.2, 0.25) is 0 Å². The molecule has 0 fully saturated rings. The molecule has 0 spiro atoms. The molecule has 1 aromatic carbocycles. The first kappa shape index (κ1) is 11.4. The van der Waals surface area contributed by atoms with Crippen molar-refractivity contribution in [2.75, 3.05) is 6.26 Å². The van der Waals surface area contributed by atoms with Gasteiger partial charge >= 0.3 is 0 Å². The SMILES string of the molecule is CC(Cl)c1nc2c(S(C)(=O)=O)cccc2[nH]1. The van der Waals surface area contributed by atoms with Crippen molar-refractivity contribution in [2.45, 2.75) is 17.2 Å². The number of aromatic amines is 1. The molecule has 0 saturated carbocycles. The molecular formula is C10H11ClN2O2S. The fourth-order valence-corrected chi connectivity index (χ4v) is 2.45. The molecule has 0 bridgehead atoms. The summed E-state index contributed by atoms with van der Waals surface area (Å²) in [4.78, 5) is 7.44. The number of halogens is 1. The van der Waals surface area contributed by atoms with Crippen LogP contribution in [0.2, 0.25) is 0 Å². The predicted molar refractivity (Wildman–Crippen MR) is 63.5 cm³/mol. The van der Waals surface area contributed by atoms with Gasteiger partial charge in [0.25, 0.3) is 0 Å². The zero-order valence-corrected chi connectivity index (χ0v) is 10.4. The second-order valence-electron chi connectivity index (χ2n) is 3.66. The van der Waals surface area contributed by atoms with Gasteiger partial charge in [0.05, 0.1) is 15.8 Å². The van der Waals surface area contributed by atoms with Gasteiger partial charge in [0.15, 0.2) is 9.84 Å². The third-order valence-corrected chi connectivity index (χ3v) is 3.61. The van der Waals surface area contributed by atoms with E-state index in [9.17, 15) is 8.42 Å². The third kappa shape index (κ3) is 1.92. The summed E-state index contributed by atoms with van der Waals surface area (Å²) >= 11 is 5.90. The molecule has 1 unspecified atom stereocenters. The fraction of sp³-hybridized carbons (Fsp3) is 0.300. The number of hydrogen-bond acceptors (Lipinski definition) is 3. The number of alkyl halides is 1. The summed E-state index contributed by atoms with van der Waals surface area (Å²) in [5.41, 5.74) is 1.14. The number of rotatable bonds is 2. The lowest BCUT2D eigenvalue weighted by atomic mass is 10.3. The lowest BCUT2D eigenvalue weighted by Crippen LogP contribution is -1.97. The topological polar surface area (TPSA) is 62.8 Å². The summed E-state index contributed by atoms with van der Waals surface area (Å²) in [6, 6.07) is 5.00. The molecule has 1 atom stereocenters. The van der Waals surface area contributed by atoms with Crippen LogP contribution in [0.3, 0.4) is 0 Å². The normalized spacial score (nSPS) is 14.2. The Balaban J connectivity index is 2.78. The molecule has 1 N–H and O–H groups in total. The molecule has 0 aliphatic rings. The van der Waals surface area contributed by atoms with Crippen LogP contribution in [-0.2, 0) is 9.84 Å². The summed E-state index contributed by atoms with van der Waals surface area (Å²) in [5, 5.41) is -0.278. The van der Waals surface area contributed by atoms with E-state index >= 15 is 0 Å². The average Bonchev–Trinajstić information content (AvgIpc) is 2.58. The minimum Gasteiger partial charge on any atom is -0.341 e. The highest BCUT2D eigenvalue weighted by molar-refractivity contribution is 7.91. The van der Waals surface area contributed by atoms with E-state index in [1.54, 1.807) is 25.1 Å². The second kappa shape index (κ2) is 3.75. The van der Waals surface area contributed by atoms with Crippen molar-refractivity contribution in [2.24, 2.45) is 0 Å². The maximum absolute atomic E-state index is 11.5. The molecule has 4 nitrogen and oxygen atoms in total. The average molecular weight is 259 g/mol. The Hall–Kier alpha value is -1.07. The van der Waals surface area contributed by atoms with E-state index in [4.69, 9.17) is 11.6 Å². The fourth-order valence-electron chi connectivity index (χ4n) is 1.51. The smallest absolute Gasteiger partial charge is 0.177 e. The van der Waals surface area contributed by atoms with Crippen LogP contribution in [0, 0.1) is 0 Å². The first-order valence-corrected chi connectivity index (χ1v) is 7.05. The zero-order chi connectivity index (χ0) is 11.9. The predicted octanol–water partition coefficient (Wildman–Crippen LogP) is 2.27. The Morgan fingerprint density at radius 1 is 1.44 bits per heavy atom. The number of benzene rings is 1. The van der Waals surface area contributed by atoms with Gasteiger partial charge in [-0.05, 0) is 19.1 Å². The van der Waals surface area contributed by atoms with Crippen LogP contribution in [0.4, 0.5) is 0 Å². The van der Waals surface area contributed by atoms with Crippen molar-refractivity contribution in [1.29, 1.82) is 0 Å². The Morgan fingerprint density at radius 3 is 2.69 bits per heavy atom. The number of fused-ring (bicyclic) bond motifs is 1. The summed E-state index contributed by atoms with van der Waals surface area (Å²) in [5.74, 6) is 0.577. The van der Waals surface area contributed by atoms with Crippen molar-refractivity contribution in [3.63, 3.8) is 0 Å². The van der Waals surface area contributed by atoms with E-state index in [1.165, 1.54) is 6.26 Å². The van der Waals surface area contributed by atoms with Gasteiger partial charge in [0, 0.05) is 6.26 Å². The minimum absolute atomic E-state index is 0.227. The van der Waals surface area contributed by atoms with E-state index in [0.29, 0.717) is 16.9 Å². The molecule has 0 aliphatic carbocycles. The molecule has 6 heteroatoms. The Kier molecular flexibility index (Phi) is 2.67. The molecule has 16 heavy (non-hydrogen) atoms. The molecular weight excluding hydrogens is 248 g/mol. The number of para-hydroxylation sites is 1. The number of nitrogens with zero attached hydrogens (tertiary/aromatic N) is 1. The van der Waals surface area contributed by atoms with Gasteiger partial charge in [-0.1, -0.05) is 6.07 Å². The molecule has 2 rings (SSSR count). The van der Waals surface area contributed by atoms with Crippen molar-refractivity contribution in [3.8, 4) is 0 Å². The highest BCUT2D eigenvalue weighted by Crippen LogP contribution is 2.24. The largest absolute Gasteiger partial charge is 0.341 e. The summed E-state index contributed by atoms with van der Waals surface area (Å²) in [6.07, 6.45) is 1.17. The number of imidazole rings is 1. The number of sulfone groups is 1. The Labute approximate surface area is 98.6 Å². The second-order valence-corrected chi connectivity index (χ2v) is 6.30. The molecule has 0 aliphatic heterocycles. The quantitative estimate of drug-likeness (QED) is 0.841. The van der Waals surface area contributed by atoms with Crippen LogP contribution in [0.5, 0.6) is 0 Å². The standard InChI is InChI=1S/C10H11ClN2O2S/c1-6(11)10-12-7-4-3-5-8(9(7)13-10)16(2,14)15/h3-6H,1-2H3,(H,12,13).